The van der Waals surface area contributed by atoms with Crippen LogP contribution in [0.15, 0.2) is 36.7 Å². The van der Waals surface area contributed by atoms with Crippen LogP contribution in [0.25, 0.3) is 5.78 Å². The van der Waals surface area contributed by atoms with Crippen LogP contribution in [0.5, 0.6) is 0 Å². The Morgan fingerprint density at radius 2 is 2.19 bits per heavy atom. The number of nitrogens with zero attached hydrogens (tertiary/aromatic N) is 5. The van der Waals surface area contributed by atoms with Gasteiger partial charge in [-0.1, -0.05) is 12.1 Å². The Kier molecular flexibility index (Phi) is 4.24. The molecule has 8 heteroatoms. The second kappa shape index (κ2) is 6.70. The molecule has 4 rings (SSSR count). The van der Waals surface area contributed by atoms with Crippen molar-refractivity contribution >= 4 is 23.2 Å². The number of anilines is 2. The first-order valence-electron chi connectivity index (χ1n) is 8.59. The first-order chi connectivity index (χ1) is 12.6. The molecule has 0 aliphatic carbocycles. The van der Waals surface area contributed by atoms with Crippen LogP contribution in [-0.4, -0.2) is 38.6 Å². The number of amides is 1. The fourth-order valence-electron chi connectivity index (χ4n) is 3.33. The van der Waals surface area contributed by atoms with Gasteiger partial charge in [-0.3, -0.25) is 4.79 Å². The molecule has 1 aliphatic rings. The molecule has 7 nitrogen and oxygen atoms in total. The summed E-state index contributed by atoms with van der Waals surface area (Å²) in [6.07, 6.45) is 3.10. The number of benzene rings is 1. The minimum atomic E-state index is -0.428. The Balaban J connectivity index is 1.55. The molecular weight excluding hydrogens is 335 g/mol. The van der Waals surface area contributed by atoms with E-state index in [-0.39, 0.29) is 17.5 Å². The van der Waals surface area contributed by atoms with E-state index in [1.165, 1.54) is 12.4 Å². The van der Waals surface area contributed by atoms with Crippen molar-refractivity contribution in [2.75, 3.05) is 23.3 Å². The van der Waals surface area contributed by atoms with E-state index >= 15 is 0 Å². The summed E-state index contributed by atoms with van der Waals surface area (Å²) in [4.78, 5) is 23.2. The van der Waals surface area contributed by atoms with Crippen molar-refractivity contribution in [2.45, 2.75) is 19.8 Å². The van der Waals surface area contributed by atoms with Crippen molar-refractivity contribution in [3.05, 3.63) is 48.2 Å². The average molecular weight is 354 g/mol. The highest BCUT2D eigenvalue weighted by molar-refractivity contribution is 5.93. The lowest BCUT2D eigenvalue weighted by atomic mass is 9.97. The van der Waals surface area contributed by atoms with Crippen LogP contribution < -0.4 is 10.2 Å². The Bertz CT molecular complexity index is 956. The van der Waals surface area contributed by atoms with E-state index in [1.54, 1.807) is 22.7 Å². The number of hydrogen-bond acceptors (Lipinski definition) is 5. The number of halogens is 1. The molecular formula is C18H19FN6O. The SMILES string of the molecule is Cc1cc(N2CCCC(C(=O)Nc3ccccc3F)C2)n2ncnc2n1. The molecule has 2 aromatic heterocycles. The lowest BCUT2D eigenvalue weighted by Crippen LogP contribution is -2.41. The van der Waals surface area contributed by atoms with Crippen molar-refractivity contribution in [3.8, 4) is 0 Å². The summed E-state index contributed by atoms with van der Waals surface area (Å²) in [5.74, 6) is 0.588. The number of carbonyl (C=O) groups excluding carboxylic acids is 1. The zero-order chi connectivity index (χ0) is 18.1. The Labute approximate surface area is 149 Å². The number of piperidine rings is 1. The maximum atomic E-state index is 13.8. The minimum Gasteiger partial charge on any atom is -0.356 e. The topological polar surface area (TPSA) is 75.4 Å². The van der Waals surface area contributed by atoms with Crippen molar-refractivity contribution < 1.29 is 9.18 Å². The van der Waals surface area contributed by atoms with Gasteiger partial charge in [0.25, 0.3) is 5.78 Å². The van der Waals surface area contributed by atoms with Crippen LogP contribution in [-0.2, 0) is 4.79 Å². The van der Waals surface area contributed by atoms with Crippen LogP contribution in [0.1, 0.15) is 18.5 Å². The van der Waals surface area contributed by atoms with Gasteiger partial charge >= 0.3 is 0 Å². The summed E-state index contributed by atoms with van der Waals surface area (Å²) in [6, 6.07) is 8.15. The minimum absolute atomic E-state index is 0.166. The molecule has 1 aromatic carbocycles. The summed E-state index contributed by atoms with van der Waals surface area (Å²) in [5, 5.41) is 6.94. The molecule has 1 saturated heterocycles. The van der Waals surface area contributed by atoms with Crippen molar-refractivity contribution in [2.24, 2.45) is 5.92 Å². The second-order valence-electron chi connectivity index (χ2n) is 6.48. The second-order valence-corrected chi connectivity index (χ2v) is 6.48. The lowest BCUT2D eigenvalue weighted by molar-refractivity contribution is -0.120. The van der Waals surface area contributed by atoms with Gasteiger partial charge in [0.05, 0.1) is 11.6 Å². The van der Waals surface area contributed by atoms with E-state index in [0.29, 0.717) is 12.3 Å². The highest BCUT2D eigenvalue weighted by Crippen LogP contribution is 2.25. The summed E-state index contributed by atoms with van der Waals surface area (Å²) >= 11 is 0. The zero-order valence-electron chi connectivity index (χ0n) is 14.4. The highest BCUT2D eigenvalue weighted by Gasteiger charge is 2.28. The molecule has 26 heavy (non-hydrogen) atoms. The van der Waals surface area contributed by atoms with Crippen LogP contribution in [0, 0.1) is 18.7 Å². The van der Waals surface area contributed by atoms with Crippen LogP contribution in [0.4, 0.5) is 15.9 Å². The van der Waals surface area contributed by atoms with Crippen LogP contribution in [0.3, 0.4) is 0 Å². The molecule has 0 spiro atoms. The van der Waals surface area contributed by atoms with Gasteiger partial charge < -0.3 is 10.2 Å². The van der Waals surface area contributed by atoms with Gasteiger partial charge in [-0.05, 0) is 31.9 Å². The number of rotatable bonds is 3. The van der Waals surface area contributed by atoms with Gasteiger partial charge in [-0.2, -0.15) is 14.6 Å². The largest absolute Gasteiger partial charge is 0.356 e. The van der Waals surface area contributed by atoms with Gasteiger partial charge in [0.1, 0.15) is 18.0 Å². The zero-order valence-corrected chi connectivity index (χ0v) is 14.4. The van der Waals surface area contributed by atoms with E-state index in [2.05, 4.69) is 25.3 Å². The third-order valence-electron chi connectivity index (χ3n) is 4.61. The molecule has 1 unspecified atom stereocenters. The molecule has 1 fully saturated rings. The number of para-hydroxylation sites is 1. The molecule has 3 aromatic rings. The standard InChI is InChI=1S/C18H19FN6O/c1-12-9-16(25-18(22-12)20-11-21-25)24-8-4-5-13(10-24)17(26)23-15-7-3-2-6-14(15)19/h2-3,6-7,9,11,13H,4-5,8,10H2,1H3,(H,23,26). The Hall–Kier alpha value is -3.03. The highest BCUT2D eigenvalue weighted by atomic mass is 19.1. The molecule has 1 atom stereocenters. The van der Waals surface area contributed by atoms with Crippen molar-refractivity contribution in [1.29, 1.82) is 0 Å². The molecule has 3 heterocycles. The molecule has 0 bridgehead atoms. The van der Waals surface area contributed by atoms with E-state index in [9.17, 15) is 9.18 Å². The third-order valence-corrected chi connectivity index (χ3v) is 4.61. The van der Waals surface area contributed by atoms with Gasteiger partial charge in [0.2, 0.25) is 5.91 Å². The third kappa shape index (κ3) is 3.10. The van der Waals surface area contributed by atoms with Crippen LogP contribution >= 0.6 is 0 Å². The monoisotopic (exact) mass is 354 g/mol. The molecule has 0 radical (unpaired) electrons. The maximum Gasteiger partial charge on any atom is 0.254 e. The average Bonchev–Trinajstić information content (AvgIpc) is 3.11. The van der Waals surface area contributed by atoms with E-state index in [0.717, 1.165) is 30.9 Å². The summed E-state index contributed by atoms with van der Waals surface area (Å²) in [5.41, 5.74) is 1.06. The Morgan fingerprint density at radius 1 is 1.35 bits per heavy atom. The fourth-order valence-corrected chi connectivity index (χ4v) is 3.33. The molecule has 134 valence electrons. The van der Waals surface area contributed by atoms with Crippen molar-refractivity contribution in [1.82, 2.24) is 19.6 Å². The van der Waals surface area contributed by atoms with Crippen LogP contribution in [0.2, 0.25) is 0 Å². The fraction of sp³-hybridized carbons (Fsp3) is 0.333. The van der Waals surface area contributed by atoms with E-state index in [4.69, 9.17) is 0 Å². The van der Waals surface area contributed by atoms with Gasteiger partial charge in [-0.15, -0.1) is 0 Å². The summed E-state index contributed by atoms with van der Waals surface area (Å²) < 4.78 is 15.5. The smallest absolute Gasteiger partial charge is 0.254 e. The predicted molar refractivity (Wildman–Crippen MR) is 95.5 cm³/mol. The Morgan fingerprint density at radius 3 is 3.04 bits per heavy atom. The number of aromatic nitrogens is 4. The molecule has 1 N–H and O–H groups in total. The number of nitrogens with one attached hydrogen (secondary N) is 1. The van der Waals surface area contributed by atoms with E-state index < -0.39 is 5.82 Å². The molecule has 1 aliphatic heterocycles. The molecule has 1 amide bonds. The first kappa shape index (κ1) is 16.4. The molecule has 0 saturated carbocycles. The van der Waals surface area contributed by atoms with Gasteiger partial charge in [0, 0.05) is 24.8 Å². The number of carbonyl (C=O) groups is 1. The summed E-state index contributed by atoms with van der Waals surface area (Å²) in [7, 11) is 0. The van der Waals surface area contributed by atoms with Crippen molar-refractivity contribution in [3.63, 3.8) is 0 Å². The number of aryl methyl sites for hydroxylation is 1. The lowest BCUT2D eigenvalue weighted by Gasteiger charge is -2.33. The maximum absolute atomic E-state index is 13.8. The summed E-state index contributed by atoms with van der Waals surface area (Å²) in [6.45, 7) is 3.27. The number of hydrogen-bond donors (Lipinski definition) is 1. The van der Waals surface area contributed by atoms with Gasteiger partial charge in [0.15, 0.2) is 0 Å². The van der Waals surface area contributed by atoms with E-state index in [1.807, 2.05) is 13.0 Å². The van der Waals surface area contributed by atoms with Gasteiger partial charge in [-0.25, -0.2) is 9.37 Å². The first-order valence-corrected chi connectivity index (χ1v) is 8.59. The number of fused-ring (bicyclic) bond motifs is 1. The normalized spacial score (nSPS) is 17.5. The quantitative estimate of drug-likeness (QED) is 0.782. The predicted octanol–water partition coefficient (Wildman–Crippen LogP) is 2.43.